The Labute approximate surface area is 192 Å². The lowest BCUT2D eigenvalue weighted by Crippen LogP contribution is -2.52. The molecule has 2 bridgehead atoms. The standard InChI is InChI=1S/C29H29PS/c1-2-30(31)19-20-10-9-11-21(18-20)29-25-15-6-3-12-22(25)28(23-13-4-7-16-26(23)29)24-14-5-8-17-27(24)29/h3-9,11-18,20,22,25,28,31H,2,10,19H2,1H3. The van der Waals surface area contributed by atoms with E-state index in [2.05, 4.69) is 98.0 Å². The molecule has 2 aromatic rings. The van der Waals surface area contributed by atoms with Crippen LogP contribution in [0.3, 0.4) is 0 Å². The summed E-state index contributed by atoms with van der Waals surface area (Å²) in [6.45, 7) is 2.28. The fourth-order valence-electron chi connectivity index (χ4n) is 6.76. The van der Waals surface area contributed by atoms with Crippen LogP contribution < -0.4 is 0 Å². The van der Waals surface area contributed by atoms with Crippen molar-refractivity contribution in [1.29, 1.82) is 0 Å². The molecule has 31 heavy (non-hydrogen) atoms. The van der Waals surface area contributed by atoms with Crippen LogP contribution in [0.5, 0.6) is 0 Å². The van der Waals surface area contributed by atoms with E-state index in [4.69, 9.17) is 12.2 Å². The Morgan fingerprint density at radius 3 is 2.35 bits per heavy atom. The lowest BCUT2D eigenvalue weighted by Gasteiger charge is -2.58. The van der Waals surface area contributed by atoms with Gasteiger partial charge >= 0.3 is 0 Å². The highest BCUT2D eigenvalue weighted by atomic mass is 32.7. The molecule has 5 aliphatic rings. The van der Waals surface area contributed by atoms with Gasteiger partial charge in [-0.3, -0.25) is 0 Å². The minimum absolute atomic E-state index is 0.103. The van der Waals surface area contributed by atoms with Crippen LogP contribution in [-0.2, 0) is 5.41 Å². The summed E-state index contributed by atoms with van der Waals surface area (Å²) in [5.74, 6) is 2.03. The molecule has 0 aromatic heterocycles. The molecule has 2 heteroatoms. The Bertz CT molecular complexity index is 1090. The van der Waals surface area contributed by atoms with Crippen molar-refractivity contribution in [3.63, 3.8) is 0 Å². The first-order valence-corrected chi connectivity index (χ1v) is 14.5. The van der Waals surface area contributed by atoms with Gasteiger partial charge in [-0.2, -0.15) is 12.2 Å². The summed E-state index contributed by atoms with van der Waals surface area (Å²) in [6, 6.07) is 18.6. The number of hydrogen-bond acceptors (Lipinski definition) is 1. The zero-order valence-corrected chi connectivity index (χ0v) is 19.8. The predicted octanol–water partition coefficient (Wildman–Crippen LogP) is 7.64. The largest absolute Gasteiger partial charge is 0.151 e. The smallest absolute Gasteiger partial charge is 0.0522 e. The summed E-state index contributed by atoms with van der Waals surface area (Å²) in [5, 5.41) is 0. The van der Waals surface area contributed by atoms with Crippen molar-refractivity contribution in [2.45, 2.75) is 24.7 Å². The van der Waals surface area contributed by atoms with Gasteiger partial charge in [-0.25, -0.2) is 0 Å². The predicted molar refractivity (Wildman–Crippen MR) is 137 cm³/mol. The molecule has 4 unspecified atom stereocenters. The first-order valence-electron chi connectivity index (χ1n) is 11.6. The van der Waals surface area contributed by atoms with Gasteiger partial charge in [0.15, 0.2) is 0 Å². The van der Waals surface area contributed by atoms with E-state index < -0.39 is 0 Å². The van der Waals surface area contributed by atoms with Crippen LogP contribution in [0.4, 0.5) is 0 Å². The van der Waals surface area contributed by atoms with Gasteiger partial charge in [0.1, 0.15) is 0 Å². The lowest BCUT2D eigenvalue weighted by molar-refractivity contribution is 0.264. The molecule has 2 aromatic carbocycles. The number of benzene rings is 2. The van der Waals surface area contributed by atoms with Crippen molar-refractivity contribution in [2.24, 2.45) is 17.8 Å². The summed E-state index contributed by atoms with van der Waals surface area (Å²) in [4.78, 5) is 0. The number of rotatable bonds is 4. The highest BCUT2D eigenvalue weighted by molar-refractivity contribution is 8.45. The third-order valence-electron chi connectivity index (χ3n) is 7.92. The lowest BCUT2D eigenvalue weighted by atomic mass is 9.44. The maximum atomic E-state index is 4.90. The molecule has 4 atom stereocenters. The van der Waals surface area contributed by atoms with E-state index in [-0.39, 0.29) is 12.5 Å². The maximum absolute atomic E-state index is 4.90. The molecule has 0 amide bonds. The van der Waals surface area contributed by atoms with Gasteiger partial charge < -0.3 is 0 Å². The van der Waals surface area contributed by atoms with Crippen molar-refractivity contribution in [3.8, 4) is 0 Å². The summed E-state index contributed by atoms with van der Waals surface area (Å²) >= 11 is 4.90. The summed E-state index contributed by atoms with van der Waals surface area (Å²) < 4.78 is 0. The van der Waals surface area contributed by atoms with Crippen molar-refractivity contribution < 1.29 is 0 Å². The third kappa shape index (κ3) is 2.79. The van der Waals surface area contributed by atoms with E-state index in [1.807, 2.05) is 0 Å². The van der Waals surface area contributed by atoms with Gasteiger partial charge in [0, 0.05) is 11.8 Å². The van der Waals surface area contributed by atoms with Crippen LogP contribution in [0.1, 0.15) is 41.5 Å². The summed E-state index contributed by atoms with van der Waals surface area (Å²) in [7, 11) is -0.178. The number of thiol groups is 1. The first kappa shape index (κ1) is 19.8. The van der Waals surface area contributed by atoms with E-state index in [0.717, 1.165) is 6.42 Å². The van der Waals surface area contributed by atoms with Crippen LogP contribution in [0, 0.1) is 17.8 Å². The molecule has 5 aliphatic carbocycles. The van der Waals surface area contributed by atoms with E-state index >= 15 is 0 Å². The van der Waals surface area contributed by atoms with Crippen LogP contribution in [0.25, 0.3) is 0 Å². The second-order valence-corrected chi connectivity index (χ2v) is 13.1. The second kappa shape index (κ2) is 7.65. The fraction of sp³-hybridized carbons (Fsp3) is 0.310. The topological polar surface area (TPSA) is 0 Å². The van der Waals surface area contributed by atoms with Crippen molar-refractivity contribution in [3.05, 3.63) is 119 Å². The average molecular weight is 441 g/mol. The average Bonchev–Trinajstić information content (AvgIpc) is 2.83. The van der Waals surface area contributed by atoms with Gasteiger partial charge in [0.2, 0.25) is 0 Å². The zero-order valence-electron chi connectivity index (χ0n) is 18.0. The molecule has 0 aliphatic heterocycles. The Morgan fingerprint density at radius 2 is 1.65 bits per heavy atom. The Hall–Kier alpha value is -1.82. The van der Waals surface area contributed by atoms with Crippen LogP contribution in [-0.4, -0.2) is 12.3 Å². The number of hydrogen-bond donors (Lipinski definition) is 1. The molecule has 0 fully saturated rings. The zero-order chi connectivity index (χ0) is 21.0. The quantitative estimate of drug-likeness (QED) is 0.366. The fourth-order valence-corrected chi connectivity index (χ4v) is 8.44. The van der Waals surface area contributed by atoms with Gasteiger partial charge in [0.25, 0.3) is 0 Å². The van der Waals surface area contributed by atoms with Crippen molar-refractivity contribution >= 4 is 19.4 Å². The monoisotopic (exact) mass is 440 g/mol. The molecular weight excluding hydrogens is 411 g/mol. The van der Waals surface area contributed by atoms with Crippen LogP contribution in [0.2, 0.25) is 0 Å². The molecular formula is C29H29PS. The van der Waals surface area contributed by atoms with Crippen molar-refractivity contribution in [1.82, 2.24) is 0 Å². The minimum atomic E-state index is -0.178. The van der Waals surface area contributed by atoms with Crippen LogP contribution in [0.15, 0.2) is 96.6 Å². The molecule has 0 saturated heterocycles. The highest BCUT2D eigenvalue weighted by Crippen LogP contribution is 2.65. The van der Waals surface area contributed by atoms with Gasteiger partial charge in [-0.15, -0.1) is 0 Å². The van der Waals surface area contributed by atoms with Gasteiger partial charge in [0.05, 0.1) is 5.41 Å². The van der Waals surface area contributed by atoms with E-state index in [1.165, 1.54) is 40.2 Å². The van der Waals surface area contributed by atoms with Crippen LogP contribution >= 0.6 is 19.4 Å². The van der Waals surface area contributed by atoms with E-state index in [9.17, 15) is 0 Å². The molecule has 0 saturated carbocycles. The first-order chi connectivity index (χ1) is 15.2. The molecule has 0 heterocycles. The van der Waals surface area contributed by atoms with E-state index in [1.54, 1.807) is 0 Å². The minimum Gasteiger partial charge on any atom is -0.151 e. The van der Waals surface area contributed by atoms with Gasteiger partial charge in [-0.1, -0.05) is 98.0 Å². The summed E-state index contributed by atoms with van der Waals surface area (Å²) in [5.41, 5.74) is 7.52. The third-order valence-corrected chi connectivity index (χ3v) is 10.9. The second-order valence-electron chi connectivity index (χ2n) is 9.36. The van der Waals surface area contributed by atoms with Crippen molar-refractivity contribution in [2.75, 3.05) is 12.3 Å². The summed E-state index contributed by atoms with van der Waals surface area (Å²) in [6.07, 6.45) is 20.6. The Morgan fingerprint density at radius 1 is 0.968 bits per heavy atom. The normalized spacial score (nSPS) is 32.8. The Kier molecular flexibility index (Phi) is 4.89. The molecule has 0 N–H and O–H groups in total. The molecule has 0 spiro atoms. The number of allylic oxidation sites excluding steroid dienone is 8. The SMILES string of the molecule is CCP(S)CC1C=C(C23c4ccccc4C(c4ccccc42)C2C=CC=CC23)C=CC1. The van der Waals surface area contributed by atoms with E-state index in [0.29, 0.717) is 23.7 Å². The molecule has 0 radical (unpaired) electrons. The Balaban J connectivity index is 1.63. The molecule has 7 rings (SSSR count). The maximum Gasteiger partial charge on any atom is 0.0522 e. The highest BCUT2D eigenvalue weighted by Gasteiger charge is 2.58. The molecule has 156 valence electrons. The van der Waals surface area contributed by atoms with Gasteiger partial charge in [-0.05, 0) is 65.5 Å². The molecule has 0 nitrogen and oxygen atoms in total.